The number of rotatable bonds is 7. The third-order valence-corrected chi connectivity index (χ3v) is 3.96. The first-order valence-electron chi connectivity index (χ1n) is 7.94. The van der Waals surface area contributed by atoms with Crippen molar-refractivity contribution < 1.29 is 13.9 Å². The van der Waals surface area contributed by atoms with Gasteiger partial charge in [0.05, 0.1) is 6.61 Å². The van der Waals surface area contributed by atoms with Crippen molar-refractivity contribution in [1.29, 1.82) is 0 Å². The number of halogens is 1. The molecule has 2 rings (SSSR count). The lowest BCUT2D eigenvalue weighted by molar-refractivity contribution is 0.0495. The lowest BCUT2D eigenvalue weighted by Gasteiger charge is -2.24. The molecule has 0 saturated carbocycles. The predicted molar refractivity (Wildman–Crippen MR) is 82.1 cm³/mol. The number of hydrogen-bond acceptors (Lipinski definition) is 3. The quantitative estimate of drug-likeness (QED) is 0.832. The minimum absolute atomic E-state index is 0.162. The number of hydrogen-bond donors (Lipinski definition) is 1. The summed E-state index contributed by atoms with van der Waals surface area (Å²) in [4.78, 5) is 0. The van der Waals surface area contributed by atoms with Crippen LogP contribution in [0.5, 0.6) is 5.75 Å². The molecule has 1 atom stereocenters. The monoisotopic (exact) mass is 295 g/mol. The summed E-state index contributed by atoms with van der Waals surface area (Å²) in [6.07, 6.45) is 3.12. The summed E-state index contributed by atoms with van der Waals surface area (Å²) in [5.74, 6) is 0.926. The zero-order chi connectivity index (χ0) is 15.1. The van der Waals surface area contributed by atoms with Crippen LogP contribution in [0.4, 0.5) is 4.39 Å². The standard InChI is InChI=1S/C17H26FNO2/c1-3-8-19-13(2)16-5-4-15(18)11-17(16)21-12-14-6-9-20-10-7-14/h4-5,11,13-14,19H,3,6-10,12H2,1-2H3. The minimum atomic E-state index is -0.247. The second-order valence-electron chi connectivity index (χ2n) is 5.72. The summed E-state index contributed by atoms with van der Waals surface area (Å²) in [6.45, 7) is 7.41. The Kier molecular flexibility index (Phi) is 6.46. The summed E-state index contributed by atoms with van der Waals surface area (Å²) < 4.78 is 24.8. The summed E-state index contributed by atoms with van der Waals surface area (Å²) in [6, 6.07) is 4.98. The van der Waals surface area contributed by atoms with E-state index in [1.807, 2.05) is 6.07 Å². The highest BCUT2D eigenvalue weighted by molar-refractivity contribution is 5.36. The molecule has 118 valence electrons. The highest BCUT2D eigenvalue weighted by atomic mass is 19.1. The molecule has 1 N–H and O–H groups in total. The van der Waals surface area contributed by atoms with Crippen LogP contribution in [-0.2, 0) is 4.74 Å². The van der Waals surface area contributed by atoms with E-state index in [0.29, 0.717) is 18.3 Å². The number of ether oxygens (including phenoxy) is 2. The second-order valence-corrected chi connectivity index (χ2v) is 5.72. The Balaban J connectivity index is 2.00. The van der Waals surface area contributed by atoms with Gasteiger partial charge in [0.15, 0.2) is 0 Å². The molecule has 3 nitrogen and oxygen atoms in total. The van der Waals surface area contributed by atoms with E-state index < -0.39 is 0 Å². The maximum Gasteiger partial charge on any atom is 0.126 e. The van der Waals surface area contributed by atoms with Crippen molar-refractivity contribution in [2.75, 3.05) is 26.4 Å². The zero-order valence-electron chi connectivity index (χ0n) is 13.0. The molecule has 0 radical (unpaired) electrons. The van der Waals surface area contributed by atoms with Crippen molar-refractivity contribution in [1.82, 2.24) is 5.32 Å². The maximum atomic E-state index is 13.5. The summed E-state index contributed by atoms with van der Waals surface area (Å²) in [5.41, 5.74) is 1.02. The first-order chi connectivity index (χ1) is 10.2. The van der Waals surface area contributed by atoms with Gasteiger partial charge in [-0.2, -0.15) is 0 Å². The average molecular weight is 295 g/mol. The lowest BCUT2D eigenvalue weighted by Crippen LogP contribution is -2.23. The molecule has 1 aromatic rings. The molecule has 1 unspecified atom stereocenters. The summed E-state index contributed by atoms with van der Waals surface area (Å²) >= 11 is 0. The van der Waals surface area contributed by atoms with Gasteiger partial charge >= 0.3 is 0 Å². The second kappa shape index (κ2) is 8.35. The number of benzene rings is 1. The minimum Gasteiger partial charge on any atom is -0.493 e. The van der Waals surface area contributed by atoms with E-state index >= 15 is 0 Å². The molecule has 1 saturated heterocycles. The van der Waals surface area contributed by atoms with E-state index in [4.69, 9.17) is 9.47 Å². The normalized spacial score (nSPS) is 17.7. The Hall–Kier alpha value is -1.13. The van der Waals surface area contributed by atoms with Gasteiger partial charge in [0.1, 0.15) is 11.6 Å². The third kappa shape index (κ3) is 4.97. The van der Waals surface area contributed by atoms with Gasteiger partial charge in [-0.05, 0) is 44.7 Å². The fourth-order valence-corrected chi connectivity index (χ4v) is 2.58. The first-order valence-corrected chi connectivity index (χ1v) is 7.94. The molecule has 0 amide bonds. The van der Waals surface area contributed by atoms with Gasteiger partial charge in [0, 0.05) is 30.9 Å². The topological polar surface area (TPSA) is 30.5 Å². The highest BCUT2D eigenvalue weighted by Gasteiger charge is 2.17. The van der Waals surface area contributed by atoms with Crippen LogP contribution >= 0.6 is 0 Å². The van der Waals surface area contributed by atoms with Crippen LogP contribution in [0.15, 0.2) is 18.2 Å². The Morgan fingerprint density at radius 3 is 2.86 bits per heavy atom. The molecule has 1 heterocycles. The van der Waals surface area contributed by atoms with Crippen LogP contribution in [-0.4, -0.2) is 26.4 Å². The van der Waals surface area contributed by atoms with Gasteiger partial charge in [-0.25, -0.2) is 4.39 Å². The molecular formula is C17H26FNO2. The Morgan fingerprint density at radius 2 is 2.14 bits per heavy atom. The van der Waals surface area contributed by atoms with Crippen molar-refractivity contribution in [2.45, 2.75) is 39.2 Å². The highest BCUT2D eigenvalue weighted by Crippen LogP contribution is 2.27. The van der Waals surface area contributed by atoms with Gasteiger partial charge in [-0.3, -0.25) is 0 Å². The molecular weight excluding hydrogens is 269 g/mol. The Bertz CT molecular complexity index is 433. The lowest BCUT2D eigenvalue weighted by atomic mass is 10.0. The van der Waals surface area contributed by atoms with E-state index in [0.717, 1.165) is 44.6 Å². The molecule has 0 bridgehead atoms. The molecule has 1 aliphatic heterocycles. The Morgan fingerprint density at radius 1 is 1.38 bits per heavy atom. The van der Waals surface area contributed by atoms with Gasteiger partial charge in [0.25, 0.3) is 0 Å². The van der Waals surface area contributed by atoms with Crippen molar-refractivity contribution >= 4 is 0 Å². The van der Waals surface area contributed by atoms with E-state index in [1.54, 1.807) is 0 Å². The van der Waals surface area contributed by atoms with E-state index in [-0.39, 0.29) is 11.9 Å². The van der Waals surface area contributed by atoms with Crippen molar-refractivity contribution in [2.24, 2.45) is 5.92 Å². The fraction of sp³-hybridized carbons (Fsp3) is 0.647. The predicted octanol–water partition coefficient (Wildman–Crippen LogP) is 3.69. The van der Waals surface area contributed by atoms with Crippen LogP contribution in [0.25, 0.3) is 0 Å². The fourth-order valence-electron chi connectivity index (χ4n) is 2.58. The molecule has 0 aromatic heterocycles. The Labute approximate surface area is 126 Å². The van der Waals surface area contributed by atoms with E-state index in [1.165, 1.54) is 12.1 Å². The summed E-state index contributed by atoms with van der Waals surface area (Å²) in [5, 5.41) is 3.42. The van der Waals surface area contributed by atoms with Gasteiger partial charge in [0.2, 0.25) is 0 Å². The third-order valence-electron chi connectivity index (χ3n) is 3.96. The van der Waals surface area contributed by atoms with E-state index in [2.05, 4.69) is 19.2 Å². The largest absolute Gasteiger partial charge is 0.493 e. The zero-order valence-corrected chi connectivity index (χ0v) is 13.0. The van der Waals surface area contributed by atoms with Gasteiger partial charge in [-0.15, -0.1) is 0 Å². The molecule has 0 aliphatic carbocycles. The molecule has 1 aliphatic rings. The van der Waals surface area contributed by atoms with E-state index in [9.17, 15) is 4.39 Å². The van der Waals surface area contributed by atoms with Crippen LogP contribution in [0, 0.1) is 11.7 Å². The molecule has 0 spiro atoms. The molecule has 4 heteroatoms. The molecule has 1 aromatic carbocycles. The number of nitrogens with one attached hydrogen (secondary N) is 1. The van der Waals surface area contributed by atoms with Crippen LogP contribution in [0.1, 0.15) is 44.7 Å². The van der Waals surface area contributed by atoms with Crippen LogP contribution in [0.3, 0.4) is 0 Å². The SMILES string of the molecule is CCCNC(C)c1ccc(F)cc1OCC1CCOCC1. The maximum absolute atomic E-state index is 13.5. The van der Waals surface area contributed by atoms with Gasteiger partial charge < -0.3 is 14.8 Å². The molecule has 1 fully saturated rings. The van der Waals surface area contributed by atoms with Crippen LogP contribution in [0.2, 0.25) is 0 Å². The summed E-state index contributed by atoms with van der Waals surface area (Å²) in [7, 11) is 0. The average Bonchev–Trinajstić information content (AvgIpc) is 2.51. The van der Waals surface area contributed by atoms with Crippen molar-refractivity contribution in [3.63, 3.8) is 0 Å². The van der Waals surface area contributed by atoms with Crippen molar-refractivity contribution in [3.8, 4) is 5.75 Å². The van der Waals surface area contributed by atoms with Gasteiger partial charge in [-0.1, -0.05) is 13.0 Å². The molecule has 21 heavy (non-hydrogen) atoms. The van der Waals surface area contributed by atoms with Crippen LogP contribution < -0.4 is 10.1 Å². The van der Waals surface area contributed by atoms with Crippen molar-refractivity contribution in [3.05, 3.63) is 29.6 Å². The smallest absolute Gasteiger partial charge is 0.126 e. The first kappa shape index (κ1) is 16.2.